The number of hydrogen-bond acceptors (Lipinski definition) is 0. The van der Waals surface area contributed by atoms with Gasteiger partial charge in [0.1, 0.15) is 0 Å². The first-order valence-electron chi connectivity index (χ1n) is 7.36. The third kappa shape index (κ3) is 5.25. The predicted molar refractivity (Wildman–Crippen MR) is 92.0 cm³/mol. The number of aryl methyl sites for hydroxylation is 1. The lowest BCUT2D eigenvalue weighted by Gasteiger charge is -2.18. The number of unbranched alkanes of at least 4 members (excludes halogenated alkanes) is 1. The van der Waals surface area contributed by atoms with Crippen molar-refractivity contribution in [1.29, 1.82) is 0 Å². The van der Waals surface area contributed by atoms with Gasteiger partial charge in [-0.2, -0.15) is 0 Å². The predicted octanol–water partition coefficient (Wildman–Crippen LogP) is 5.93. The molecule has 1 aromatic rings. The molecule has 0 aliphatic carbocycles. The minimum Gasteiger partial charge on any atom is -0.115 e. The van der Waals surface area contributed by atoms with Gasteiger partial charge in [-0.1, -0.05) is 58.3 Å². The number of benzene rings is 1. The minimum atomic E-state index is 0. The SMILES string of the molecule is C.C#Cc1ccc(CC(=C)C(CC)CCCC)c(C)c1. The summed E-state index contributed by atoms with van der Waals surface area (Å²) in [7, 11) is 0. The van der Waals surface area contributed by atoms with E-state index < -0.39 is 0 Å². The Bertz CT molecular complexity index is 459. The van der Waals surface area contributed by atoms with E-state index in [0.29, 0.717) is 5.92 Å². The van der Waals surface area contributed by atoms with Crippen molar-refractivity contribution in [3.05, 3.63) is 47.0 Å². The molecule has 0 saturated carbocycles. The van der Waals surface area contributed by atoms with Gasteiger partial charge in [0.25, 0.3) is 0 Å². The van der Waals surface area contributed by atoms with Crippen molar-refractivity contribution in [2.75, 3.05) is 0 Å². The molecule has 0 N–H and O–H groups in total. The number of hydrogen-bond donors (Lipinski definition) is 0. The minimum absolute atomic E-state index is 0. The maximum atomic E-state index is 5.43. The van der Waals surface area contributed by atoms with Crippen LogP contribution in [0.1, 0.15) is 63.6 Å². The highest BCUT2D eigenvalue weighted by atomic mass is 14.2. The molecule has 0 amide bonds. The van der Waals surface area contributed by atoms with Crippen LogP contribution in [0.25, 0.3) is 0 Å². The van der Waals surface area contributed by atoms with Crippen LogP contribution in [0.15, 0.2) is 30.4 Å². The third-order valence-electron chi connectivity index (χ3n) is 3.90. The van der Waals surface area contributed by atoms with Crippen LogP contribution in [0.4, 0.5) is 0 Å². The van der Waals surface area contributed by atoms with Crippen LogP contribution in [-0.4, -0.2) is 0 Å². The van der Waals surface area contributed by atoms with E-state index >= 15 is 0 Å². The second-order valence-electron chi connectivity index (χ2n) is 5.37. The van der Waals surface area contributed by atoms with E-state index in [1.54, 1.807) is 0 Å². The molecule has 1 rings (SSSR count). The monoisotopic (exact) mass is 270 g/mol. The summed E-state index contributed by atoms with van der Waals surface area (Å²) in [6.45, 7) is 11.0. The van der Waals surface area contributed by atoms with Gasteiger partial charge in [0.05, 0.1) is 0 Å². The summed E-state index contributed by atoms with van der Waals surface area (Å²) < 4.78 is 0. The molecule has 1 aromatic carbocycles. The van der Waals surface area contributed by atoms with Crippen LogP contribution in [0.2, 0.25) is 0 Å². The molecule has 20 heavy (non-hydrogen) atoms. The summed E-state index contributed by atoms with van der Waals surface area (Å²) in [4.78, 5) is 0. The quantitative estimate of drug-likeness (QED) is 0.425. The van der Waals surface area contributed by atoms with Crippen molar-refractivity contribution in [3.63, 3.8) is 0 Å². The van der Waals surface area contributed by atoms with Gasteiger partial charge in [-0.25, -0.2) is 0 Å². The van der Waals surface area contributed by atoms with Crippen LogP contribution in [0.5, 0.6) is 0 Å². The lowest BCUT2D eigenvalue weighted by atomic mass is 9.87. The Balaban J connectivity index is 0.00000361. The van der Waals surface area contributed by atoms with Crippen LogP contribution in [0, 0.1) is 25.2 Å². The standard InChI is InChI=1S/C19H26.CH4/c1-6-9-10-18(8-3)16(5)14-19-12-11-17(7-2)13-15(19)4;/h2,11-13,18H,5-6,8-10,14H2,1,3-4H3;1H4. The molecular formula is C20H30. The Labute approximate surface area is 126 Å². The maximum absolute atomic E-state index is 5.43. The lowest BCUT2D eigenvalue weighted by Crippen LogP contribution is -2.06. The van der Waals surface area contributed by atoms with Crippen LogP contribution >= 0.6 is 0 Å². The fraction of sp³-hybridized carbons (Fsp3) is 0.500. The second kappa shape index (κ2) is 9.43. The van der Waals surface area contributed by atoms with Gasteiger partial charge >= 0.3 is 0 Å². The van der Waals surface area contributed by atoms with Gasteiger partial charge in [0.15, 0.2) is 0 Å². The summed E-state index contributed by atoms with van der Waals surface area (Å²) >= 11 is 0. The van der Waals surface area contributed by atoms with Gasteiger partial charge < -0.3 is 0 Å². The summed E-state index contributed by atoms with van der Waals surface area (Å²) in [6.07, 6.45) is 11.4. The Kier molecular flexibility index (Phi) is 8.73. The van der Waals surface area contributed by atoms with Crippen LogP contribution in [-0.2, 0) is 6.42 Å². The molecule has 0 spiro atoms. The zero-order valence-electron chi connectivity index (χ0n) is 12.6. The summed E-state index contributed by atoms with van der Waals surface area (Å²) in [6, 6.07) is 6.28. The van der Waals surface area contributed by atoms with E-state index in [4.69, 9.17) is 6.42 Å². The van der Waals surface area contributed by atoms with E-state index in [2.05, 4.69) is 45.4 Å². The Morgan fingerprint density at radius 1 is 1.35 bits per heavy atom. The van der Waals surface area contributed by atoms with Crippen molar-refractivity contribution in [2.24, 2.45) is 5.92 Å². The van der Waals surface area contributed by atoms with Crippen LogP contribution in [0.3, 0.4) is 0 Å². The largest absolute Gasteiger partial charge is 0.115 e. The van der Waals surface area contributed by atoms with Crippen LogP contribution < -0.4 is 0 Å². The van der Waals surface area contributed by atoms with E-state index in [0.717, 1.165) is 12.0 Å². The molecule has 110 valence electrons. The molecule has 0 aliphatic heterocycles. The highest BCUT2D eigenvalue weighted by molar-refractivity contribution is 5.40. The smallest absolute Gasteiger partial charge is 0.0245 e. The first kappa shape index (κ1) is 18.5. The Hall–Kier alpha value is -1.48. The topological polar surface area (TPSA) is 0 Å². The molecule has 0 radical (unpaired) electrons. The molecule has 0 bridgehead atoms. The third-order valence-corrected chi connectivity index (χ3v) is 3.90. The van der Waals surface area contributed by atoms with Gasteiger partial charge in [0.2, 0.25) is 0 Å². The molecule has 1 atom stereocenters. The summed E-state index contributed by atoms with van der Waals surface area (Å²) in [5, 5.41) is 0. The number of terminal acetylenes is 1. The van der Waals surface area contributed by atoms with Crippen molar-refractivity contribution in [2.45, 2.75) is 60.3 Å². The first-order chi connectivity index (χ1) is 9.12. The molecule has 0 saturated heterocycles. The van der Waals surface area contributed by atoms with E-state index in [-0.39, 0.29) is 7.43 Å². The molecule has 0 heteroatoms. The highest BCUT2D eigenvalue weighted by Crippen LogP contribution is 2.25. The zero-order chi connectivity index (χ0) is 14.3. The van der Waals surface area contributed by atoms with E-state index in [9.17, 15) is 0 Å². The van der Waals surface area contributed by atoms with Crippen molar-refractivity contribution >= 4 is 0 Å². The molecular weight excluding hydrogens is 240 g/mol. The zero-order valence-corrected chi connectivity index (χ0v) is 12.6. The fourth-order valence-corrected chi connectivity index (χ4v) is 2.52. The van der Waals surface area contributed by atoms with Gasteiger partial charge in [0, 0.05) is 5.56 Å². The Morgan fingerprint density at radius 3 is 2.55 bits per heavy atom. The Morgan fingerprint density at radius 2 is 2.05 bits per heavy atom. The lowest BCUT2D eigenvalue weighted by molar-refractivity contribution is 0.508. The van der Waals surface area contributed by atoms with Crippen molar-refractivity contribution in [3.8, 4) is 12.3 Å². The van der Waals surface area contributed by atoms with E-state index in [1.807, 2.05) is 6.07 Å². The number of allylic oxidation sites excluding steroid dienone is 1. The normalized spacial score (nSPS) is 11.3. The van der Waals surface area contributed by atoms with Crippen molar-refractivity contribution in [1.82, 2.24) is 0 Å². The second-order valence-corrected chi connectivity index (χ2v) is 5.37. The molecule has 0 nitrogen and oxygen atoms in total. The van der Waals surface area contributed by atoms with E-state index in [1.165, 1.54) is 42.4 Å². The highest BCUT2D eigenvalue weighted by Gasteiger charge is 2.11. The van der Waals surface area contributed by atoms with Gasteiger partial charge in [-0.3, -0.25) is 0 Å². The molecule has 0 fully saturated rings. The van der Waals surface area contributed by atoms with Crippen molar-refractivity contribution < 1.29 is 0 Å². The summed E-state index contributed by atoms with van der Waals surface area (Å²) in [5.74, 6) is 3.35. The molecule has 0 aromatic heterocycles. The average Bonchev–Trinajstić information content (AvgIpc) is 2.42. The molecule has 0 aliphatic rings. The molecule has 1 unspecified atom stereocenters. The molecule has 0 heterocycles. The summed E-state index contributed by atoms with van der Waals surface area (Å²) in [5.41, 5.74) is 4.97. The average molecular weight is 270 g/mol. The number of rotatable bonds is 7. The first-order valence-corrected chi connectivity index (χ1v) is 7.36. The van der Waals surface area contributed by atoms with Gasteiger partial charge in [-0.05, 0) is 55.4 Å². The fourth-order valence-electron chi connectivity index (χ4n) is 2.52. The maximum Gasteiger partial charge on any atom is 0.0245 e. The van der Waals surface area contributed by atoms with Gasteiger partial charge in [-0.15, -0.1) is 6.42 Å².